The number of nitrogens with zero attached hydrogens (tertiary/aromatic N) is 2. The normalized spacial score (nSPS) is 40.4. The Morgan fingerprint density at radius 1 is 0.941 bits per heavy atom. The van der Waals surface area contributed by atoms with E-state index in [1.54, 1.807) is 0 Å². The lowest BCUT2D eigenvalue weighted by molar-refractivity contribution is 0.106. The van der Waals surface area contributed by atoms with Crippen LogP contribution < -0.4 is 0 Å². The Kier molecular flexibility index (Phi) is 3.69. The van der Waals surface area contributed by atoms with Crippen molar-refractivity contribution in [1.82, 2.24) is 9.80 Å². The molecule has 0 aromatic heterocycles. The molecule has 3 unspecified atom stereocenters. The number of aliphatic hydroxyl groups is 1. The Labute approximate surface area is 105 Å². The first-order chi connectivity index (χ1) is 8.33. The summed E-state index contributed by atoms with van der Waals surface area (Å²) in [5.41, 5.74) is 0. The molecule has 1 N–H and O–H groups in total. The van der Waals surface area contributed by atoms with E-state index in [-0.39, 0.29) is 6.10 Å². The average Bonchev–Trinajstić information content (AvgIpc) is 3.02. The SMILES string of the molecule is OC1CCCC1CN1CCC(N2CCCC2)C1. The highest BCUT2D eigenvalue weighted by atomic mass is 16.3. The fourth-order valence-electron chi connectivity index (χ4n) is 3.94. The van der Waals surface area contributed by atoms with Crippen LogP contribution in [0.15, 0.2) is 0 Å². The Morgan fingerprint density at radius 2 is 1.76 bits per heavy atom. The van der Waals surface area contributed by atoms with Crippen molar-refractivity contribution in [1.29, 1.82) is 0 Å². The zero-order valence-electron chi connectivity index (χ0n) is 10.9. The van der Waals surface area contributed by atoms with Gasteiger partial charge in [-0.25, -0.2) is 0 Å². The summed E-state index contributed by atoms with van der Waals surface area (Å²) < 4.78 is 0. The number of aliphatic hydroxyl groups excluding tert-OH is 1. The molecule has 1 saturated carbocycles. The molecule has 3 rings (SSSR count). The number of hydrogen-bond donors (Lipinski definition) is 1. The molecule has 0 aromatic carbocycles. The molecule has 0 spiro atoms. The van der Waals surface area contributed by atoms with Crippen LogP contribution in [0.3, 0.4) is 0 Å². The molecule has 3 aliphatic rings. The Bertz CT molecular complexity index is 253. The van der Waals surface area contributed by atoms with Crippen molar-refractivity contribution in [3.63, 3.8) is 0 Å². The first kappa shape index (κ1) is 11.9. The third-order valence-corrected chi connectivity index (χ3v) is 5.02. The van der Waals surface area contributed by atoms with Crippen molar-refractivity contribution in [2.45, 2.75) is 50.7 Å². The summed E-state index contributed by atoms with van der Waals surface area (Å²) in [6.07, 6.45) is 7.65. The molecule has 3 nitrogen and oxygen atoms in total. The fourth-order valence-corrected chi connectivity index (χ4v) is 3.94. The highest BCUT2D eigenvalue weighted by Crippen LogP contribution is 2.28. The van der Waals surface area contributed by atoms with Crippen LogP contribution in [0.5, 0.6) is 0 Å². The van der Waals surface area contributed by atoms with E-state index in [1.165, 1.54) is 58.3 Å². The van der Waals surface area contributed by atoms with Gasteiger partial charge in [-0.1, -0.05) is 6.42 Å². The second kappa shape index (κ2) is 5.25. The summed E-state index contributed by atoms with van der Waals surface area (Å²) in [7, 11) is 0. The Hall–Kier alpha value is -0.120. The maximum absolute atomic E-state index is 9.89. The molecule has 0 aromatic rings. The summed E-state index contributed by atoms with van der Waals surface area (Å²) in [5, 5.41) is 9.89. The van der Waals surface area contributed by atoms with E-state index in [2.05, 4.69) is 9.80 Å². The minimum absolute atomic E-state index is 0.0131. The molecule has 3 fully saturated rings. The van der Waals surface area contributed by atoms with Gasteiger partial charge in [-0.05, 0) is 57.7 Å². The highest BCUT2D eigenvalue weighted by Gasteiger charge is 2.33. The monoisotopic (exact) mass is 238 g/mol. The van der Waals surface area contributed by atoms with Crippen LogP contribution >= 0.6 is 0 Å². The zero-order chi connectivity index (χ0) is 11.7. The van der Waals surface area contributed by atoms with E-state index in [0.29, 0.717) is 5.92 Å². The van der Waals surface area contributed by atoms with Crippen molar-refractivity contribution < 1.29 is 5.11 Å². The summed E-state index contributed by atoms with van der Waals surface area (Å²) in [5.74, 6) is 0.562. The molecule has 1 aliphatic carbocycles. The molecule has 3 heteroatoms. The predicted molar refractivity (Wildman–Crippen MR) is 69.0 cm³/mol. The predicted octanol–water partition coefficient (Wildman–Crippen LogP) is 1.32. The summed E-state index contributed by atoms with van der Waals surface area (Å²) in [6.45, 7) is 6.30. The minimum atomic E-state index is -0.0131. The molecular formula is C14H26N2O. The fraction of sp³-hybridized carbons (Fsp3) is 1.00. The van der Waals surface area contributed by atoms with Crippen LogP contribution in [-0.2, 0) is 0 Å². The largest absolute Gasteiger partial charge is 0.393 e. The third-order valence-electron chi connectivity index (χ3n) is 5.02. The maximum Gasteiger partial charge on any atom is 0.0580 e. The zero-order valence-corrected chi connectivity index (χ0v) is 10.9. The lowest BCUT2D eigenvalue weighted by Gasteiger charge is -2.25. The van der Waals surface area contributed by atoms with Gasteiger partial charge in [0, 0.05) is 19.1 Å². The van der Waals surface area contributed by atoms with Gasteiger partial charge >= 0.3 is 0 Å². The molecule has 3 atom stereocenters. The molecule has 2 heterocycles. The van der Waals surface area contributed by atoms with Crippen molar-refractivity contribution in [2.75, 3.05) is 32.7 Å². The number of rotatable bonds is 3. The van der Waals surface area contributed by atoms with E-state index in [4.69, 9.17) is 0 Å². The molecule has 0 radical (unpaired) electrons. The topological polar surface area (TPSA) is 26.7 Å². The third kappa shape index (κ3) is 2.67. The molecule has 2 aliphatic heterocycles. The summed E-state index contributed by atoms with van der Waals surface area (Å²) in [6, 6.07) is 0.816. The molecule has 17 heavy (non-hydrogen) atoms. The van der Waals surface area contributed by atoms with E-state index >= 15 is 0 Å². The van der Waals surface area contributed by atoms with Gasteiger partial charge in [0.25, 0.3) is 0 Å². The van der Waals surface area contributed by atoms with Crippen molar-refractivity contribution >= 4 is 0 Å². The first-order valence-corrected chi connectivity index (χ1v) is 7.47. The maximum atomic E-state index is 9.89. The van der Waals surface area contributed by atoms with Crippen molar-refractivity contribution in [2.24, 2.45) is 5.92 Å². The van der Waals surface area contributed by atoms with E-state index in [9.17, 15) is 5.11 Å². The Morgan fingerprint density at radius 3 is 2.47 bits per heavy atom. The van der Waals surface area contributed by atoms with Crippen LogP contribution in [0.25, 0.3) is 0 Å². The van der Waals surface area contributed by atoms with E-state index < -0.39 is 0 Å². The van der Waals surface area contributed by atoms with Gasteiger partial charge < -0.3 is 10.0 Å². The van der Waals surface area contributed by atoms with E-state index in [0.717, 1.165) is 19.0 Å². The van der Waals surface area contributed by atoms with Crippen LogP contribution in [0.2, 0.25) is 0 Å². The van der Waals surface area contributed by atoms with Crippen LogP contribution in [-0.4, -0.2) is 59.8 Å². The number of hydrogen-bond acceptors (Lipinski definition) is 3. The van der Waals surface area contributed by atoms with Crippen molar-refractivity contribution in [3.8, 4) is 0 Å². The Balaban J connectivity index is 1.46. The second-order valence-electron chi connectivity index (χ2n) is 6.20. The van der Waals surface area contributed by atoms with Crippen LogP contribution in [0.4, 0.5) is 0 Å². The van der Waals surface area contributed by atoms with Gasteiger partial charge in [0.1, 0.15) is 0 Å². The van der Waals surface area contributed by atoms with Gasteiger partial charge in [0.2, 0.25) is 0 Å². The number of likely N-dealkylation sites (tertiary alicyclic amines) is 2. The van der Waals surface area contributed by atoms with E-state index in [1.807, 2.05) is 0 Å². The standard InChI is InChI=1S/C14H26N2O/c17-14-5-3-4-12(14)10-15-9-6-13(11-15)16-7-1-2-8-16/h12-14,17H,1-11H2. The molecule has 0 bridgehead atoms. The highest BCUT2D eigenvalue weighted by molar-refractivity contribution is 4.88. The molecular weight excluding hydrogens is 212 g/mol. The smallest absolute Gasteiger partial charge is 0.0580 e. The second-order valence-corrected chi connectivity index (χ2v) is 6.20. The van der Waals surface area contributed by atoms with Gasteiger partial charge in [0.05, 0.1) is 6.10 Å². The quantitative estimate of drug-likeness (QED) is 0.803. The lowest BCUT2D eigenvalue weighted by Crippen LogP contribution is -2.37. The average molecular weight is 238 g/mol. The summed E-state index contributed by atoms with van der Waals surface area (Å²) >= 11 is 0. The summed E-state index contributed by atoms with van der Waals surface area (Å²) in [4.78, 5) is 5.28. The van der Waals surface area contributed by atoms with Gasteiger partial charge in [0.15, 0.2) is 0 Å². The van der Waals surface area contributed by atoms with Crippen LogP contribution in [0.1, 0.15) is 38.5 Å². The van der Waals surface area contributed by atoms with Gasteiger partial charge in [-0.2, -0.15) is 0 Å². The molecule has 98 valence electrons. The molecule has 2 saturated heterocycles. The first-order valence-electron chi connectivity index (χ1n) is 7.47. The van der Waals surface area contributed by atoms with Crippen molar-refractivity contribution in [3.05, 3.63) is 0 Å². The van der Waals surface area contributed by atoms with Gasteiger partial charge in [-0.3, -0.25) is 4.90 Å². The van der Waals surface area contributed by atoms with Gasteiger partial charge in [-0.15, -0.1) is 0 Å². The lowest BCUT2D eigenvalue weighted by atomic mass is 10.1. The molecule has 0 amide bonds. The minimum Gasteiger partial charge on any atom is -0.393 e. The van der Waals surface area contributed by atoms with Crippen LogP contribution in [0, 0.1) is 5.92 Å².